The minimum absolute atomic E-state index is 0.127. The maximum Gasteiger partial charge on any atom is 0.277 e. The number of aromatic nitrogens is 3. The predicted molar refractivity (Wildman–Crippen MR) is 97.7 cm³/mol. The number of nitrogens with zero attached hydrogens (tertiary/aromatic N) is 2. The highest BCUT2D eigenvalue weighted by Gasteiger charge is 2.12. The number of carbonyl (C=O) groups excluding carboxylic acids is 1. The van der Waals surface area contributed by atoms with E-state index < -0.39 is 5.82 Å². The van der Waals surface area contributed by atoms with Gasteiger partial charge in [-0.05, 0) is 37.3 Å². The van der Waals surface area contributed by atoms with Gasteiger partial charge < -0.3 is 14.7 Å². The highest BCUT2D eigenvalue weighted by Crippen LogP contribution is 2.22. The topological polar surface area (TPSA) is 92.9 Å². The molecule has 1 aromatic carbocycles. The van der Waals surface area contributed by atoms with E-state index in [9.17, 15) is 14.0 Å². The SMILES string of the molecule is Cc1ccc(CNC(=O)CCn2cnc3c([nH]c4ccc(F)cc43)c2=O)o1. The molecule has 0 unspecified atom stereocenters. The summed E-state index contributed by atoms with van der Waals surface area (Å²) in [4.78, 5) is 31.9. The summed E-state index contributed by atoms with van der Waals surface area (Å²) in [5, 5.41) is 3.31. The second-order valence-electron chi connectivity index (χ2n) is 6.32. The van der Waals surface area contributed by atoms with Crippen molar-refractivity contribution in [1.29, 1.82) is 0 Å². The lowest BCUT2D eigenvalue weighted by Crippen LogP contribution is -2.27. The van der Waals surface area contributed by atoms with Gasteiger partial charge in [0.15, 0.2) is 0 Å². The Hall–Kier alpha value is -3.42. The lowest BCUT2D eigenvalue weighted by molar-refractivity contribution is -0.121. The van der Waals surface area contributed by atoms with Crippen LogP contribution in [0.1, 0.15) is 17.9 Å². The first kappa shape index (κ1) is 17.0. The third-order valence-corrected chi connectivity index (χ3v) is 4.37. The third kappa shape index (κ3) is 3.33. The van der Waals surface area contributed by atoms with Crippen molar-refractivity contribution in [3.8, 4) is 0 Å². The molecule has 3 heterocycles. The Morgan fingerprint density at radius 2 is 2.19 bits per heavy atom. The molecular weight excluding hydrogens is 351 g/mol. The van der Waals surface area contributed by atoms with E-state index >= 15 is 0 Å². The Labute approximate surface area is 152 Å². The monoisotopic (exact) mass is 368 g/mol. The van der Waals surface area contributed by atoms with Gasteiger partial charge in [-0.3, -0.25) is 14.2 Å². The molecule has 2 N–H and O–H groups in total. The van der Waals surface area contributed by atoms with Gasteiger partial charge in [-0.1, -0.05) is 0 Å². The van der Waals surface area contributed by atoms with E-state index in [4.69, 9.17) is 4.42 Å². The molecule has 138 valence electrons. The molecule has 0 radical (unpaired) electrons. The standard InChI is InChI=1S/C19H17FN4O3/c1-11-2-4-13(27-11)9-21-16(25)6-7-24-10-22-17-14-8-12(20)3-5-15(14)23-18(17)19(24)26/h2-5,8,10,23H,6-7,9H2,1H3,(H,21,25). The number of benzene rings is 1. The average molecular weight is 368 g/mol. The molecule has 27 heavy (non-hydrogen) atoms. The molecular formula is C19H17FN4O3. The molecule has 7 nitrogen and oxygen atoms in total. The number of rotatable bonds is 5. The van der Waals surface area contributed by atoms with Crippen LogP contribution in [0.3, 0.4) is 0 Å². The Bertz CT molecular complexity index is 1200. The summed E-state index contributed by atoms with van der Waals surface area (Å²) >= 11 is 0. The molecule has 4 rings (SSSR count). The molecule has 0 bridgehead atoms. The van der Waals surface area contributed by atoms with Crippen LogP contribution in [-0.2, 0) is 17.9 Å². The second kappa shape index (κ2) is 6.71. The molecule has 0 aliphatic rings. The molecule has 8 heteroatoms. The van der Waals surface area contributed by atoms with Crippen molar-refractivity contribution in [2.24, 2.45) is 0 Å². The Morgan fingerprint density at radius 3 is 2.96 bits per heavy atom. The third-order valence-electron chi connectivity index (χ3n) is 4.37. The zero-order valence-corrected chi connectivity index (χ0v) is 14.6. The van der Waals surface area contributed by atoms with Gasteiger partial charge in [-0.2, -0.15) is 0 Å². The van der Waals surface area contributed by atoms with E-state index in [2.05, 4.69) is 15.3 Å². The number of furan rings is 1. The van der Waals surface area contributed by atoms with Gasteiger partial charge in [0.2, 0.25) is 5.91 Å². The fraction of sp³-hybridized carbons (Fsp3) is 0.211. The Kier molecular flexibility index (Phi) is 4.23. The highest BCUT2D eigenvalue weighted by atomic mass is 19.1. The van der Waals surface area contributed by atoms with Gasteiger partial charge in [-0.25, -0.2) is 9.37 Å². The number of aromatic amines is 1. The Balaban J connectivity index is 1.49. The van der Waals surface area contributed by atoms with Gasteiger partial charge in [-0.15, -0.1) is 0 Å². The normalized spacial score (nSPS) is 11.3. The van der Waals surface area contributed by atoms with Gasteiger partial charge in [0, 0.05) is 23.9 Å². The molecule has 0 saturated heterocycles. The molecule has 0 fully saturated rings. The minimum atomic E-state index is -0.391. The van der Waals surface area contributed by atoms with Crippen LogP contribution >= 0.6 is 0 Å². The lowest BCUT2D eigenvalue weighted by atomic mass is 10.2. The van der Waals surface area contributed by atoms with Crippen LogP contribution < -0.4 is 10.9 Å². The summed E-state index contributed by atoms with van der Waals surface area (Å²) < 4.78 is 20.2. The summed E-state index contributed by atoms with van der Waals surface area (Å²) in [5.41, 5.74) is 1.05. The summed E-state index contributed by atoms with van der Waals surface area (Å²) in [6, 6.07) is 7.86. The maximum atomic E-state index is 13.5. The first-order valence-corrected chi connectivity index (χ1v) is 8.49. The van der Waals surface area contributed by atoms with Gasteiger partial charge in [0.05, 0.1) is 12.9 Å². The first-order valence-electron chi connectivity index (χ1n) is 8.49. The van der Waals surface area contributed by atoms with Gasteiger partial charge >= 0.3 is 0 Å². The van der Waals surface area contributed by atoms with E-state index in [0.29, 0.717) is 34.2 Å². The quantitative estimate of drug-likeness (QED) is 0.566. The van der Waals surface area contributed by atoms with Crippen molar-refractivity contribution in [2.45, 2.75) is 26.4 Å². The molecule has 0 aliphatic carbocycles. The summed E-state index contributed by atoms with van der Waals surface area (Å²) in [6.07, 6.45) is 1.51. The highest BCUT2D eigenvalue weighted by molar-refractivity contribution is 6.04. The fourth-order valence-corrected chi connectivity index (χ4v) is 3.00. The molecule has 0 saturated carbocycles. The summed E-state index contributed by atoms with van der Waals surface area (Å²) in [6.45, 7) is 2.32. The van der Waals surface area contributed by atoms with E-state index in [1.807, 2.05) is 13.0 Å². The first-order chi connectivity index (χ1) is 13.0. The van der Waals surface area contributed by atoms with Gasteiger partial charge in [0.1, 0.15) is 28.4 Å². The van der Waals surface area contributed by atoms with Crippen molar-refractivity contribution >= 4 is 27.8 Å². The van der Waals surface area contributed by atoms with Crippen LogP contribution in [0.5, 0.6) is 0 Å². The van der Waals surface area contributed by atoms with E-state index in [1.165, 1.54) is 23.0 Å². The van der Waals surface area contributed by atoms with Crippen LogP contribution in [-0.4, -0.2) is 20.4 Å². The largest absolute Gasteiger partial charge is 0.465 e. The van der Waals surface area contributed by atoms with Crippen LogP contribution in [0.4, 0.5) is 4.39 Å². The minimum Gasteiger partial charge on any atom is -0.465 e. The molecule has 3 aromatic heterocycles. The fourth-order valence-electron chi connectivity index (χ4n) is 3.00. The van der Waals surface area contributed by atoms with E-state index in [-0.39, 0.29) is 24.4 Å². The number of halogens is 1. The molecule has 0 spiro atoms. The van der Waals surface area contributed by atoms with E-state index in [1.54, 1.807) is 12.1 Å². The van der Waals surface area contributed by atoms with E-state index in [0.717, 1.165) is 5.76 Å². The molecule has 4 aromatic rings. The summed E-state index contributed by atoms with van der Waals surface area (Å²) in [7, 11) is 0. The van der Waals surface area contributed by atoms with Gasteiger partial charge in [0.25, 0.3) is 5.56 Å². The zero-order chi connectivity index (χ0) is 19.0. The van der Waals surface area contributed by atoms with Crippen molar-refractivity contribution in [1.82, 2.24) is 19.9 Å². The van der Waals surface area contributed by atoms with Crippen LogP contribution in [0, 0.1) is 12.7 Å². The molecule has 1 amide bonds. The average Bonchev–Trinajstić information content (AvgIpc) is 3.23. The Morgan fingerprint density at radius 1 is 1.33 bits per heavy atom. The molecule has 0 aliphatic heterocycles. The lowest BCUT2D eigenvalue weighted by Gasteiger charge is -2.06. The van der Waals surface area contributed by atoms with Crippen LogP contribution in [0.2, 0.25) is 0 Å². The number of H-pyrrole nitrogens is 1. The second-order valence-corrected chi connectivity index (χ2v) is 6.32. The number of fused-ring (bicyclic) bond motifs is 3. The number of hydrogen-bond acceptors (Lipinski definition) is 4. The number of hydrogen-bond donors (Lipinski definition) is 2. The number of amides is 1. The van der Waals surface area contributed by atoms with Crippen LogP contribution in [0.25, 0.3) is 21.9 Å². The zero-order valence-electron chi connectivity index (χ0n) is 14.6. The summed E-state index contributed by atoms with van der Waals surface area (Å²) in [5.74, 6) is 0.863. The van der Waals surface area contributed by atoms with Crippen LogP contribution in [0.15, 0.2) is 45.9 Å². The van der Waals surface area contributed by atoms with Crippen molar-refractivity contribution in [3.05, 3.63) is 64.4 Å². The van der Waals surface area contributed by atoms with Crippen molar-refractivity contribution in [3.63, 3.8) is 0 Å². The van der Waals surface area contributed by atoms with Crippen molar-refractivity contribution in [2.75, 3.05) is 0 Å². The smallest absolute Gasteiger partial charge is 0.277 e. The van der Waals surface area contributed by atoms with Crippen molar-refractivity contribution < 1.29 is 13.6 Å². The molecule has 0 atom stereocenters. The number of aryl methyl sites for hydroxylation is 2. The number of nitrogens with one attached hydrogen (secondary N) is 2. The maximum absolute atomic E-state index is 13.5. The predicted octanol–water partition coefficient (Wildman–Crippen LogP) is 2.62. The number of carbonyl (C=O) groups is 1.